The number of furan rings is 1. The summed E-state index contributed by atoms with van der Waals surface area (Å²) >= 11 is 0. The Kier molecular flexibility index (Phi) is 4.47. The fourth-order valence-corrected chi connectivity index (χ4v) is 5.37. The van der Waals surface area contributed by atoms with Crippen molar-refractivity contribution in [1.82, 2.24) is 5.43 Å². The van der Waals surface area contributed by atoms with Gasteiger partial charge in [-0.1, -0.05) is 30.3 Å². The molecule has 0 unspecified atom stereocenters. The average Bonchev–Trinajstić information content (AvgIpc) is 3.22. The first-order valence-corrected chi connectivity index (χ1v) is 10.7. The maximum atomic E-state index is 12.0. The van der Waals surface area contributed by atoms with Crippen LogP contribution in [0.2, 0.25) is 0 Å². The average molecular weight is 384 g/mol. The lowest BCUT2D eigenvalue weighted by molar-refractivity contribution is -0.121. The van der Waals surface area contributed by atoms with Gasteiger partial charge in [0, 0.05) is 11.8 Å². The minimum absolute atomic E-state index is 0.0831. The lowest BCUT2D eigenvalue weighted by Gasteiger charge is -2.05. The summed E-state index contributed by atoms with van der Waals surface area (Å²) in [5.74, 6) is 0.436. The minimum Gasteiger partial charge on any atom is -0.455 e. The third-order valence-corrected chi connectivity index (χ3v) is 6.77. The standard InChI is InChI=1S/C20H20N2O4S/c1-13(21-22-20(23)10-14-8-9-27(24,25)12-14)19-11-17-16-5-3-2-4-15(16)6-7-18(17)26-19/h2-7,11,14H,8-10,12H2,1H3,(H,22,23)/b21-13-/t14-/m0/s1. The molecule has 0 bridgehead atoms. The highest BCUT2D eigenvalue weighted by Gasteiger charge is 2.29. The molecule has 6 nitrogen and oxygen atoms in total. The van der Waals surface area contributed by atoms with Crippen LogP contribution < -0.4 is 5.43 Å². The van der Waals surface area contributed by atoms with E-state index < -0.39 is 9.84 Å². The van der Waals surface area contributed by atoms with Crippen LogP contribution in [0, 0.1) is 5.92 Å². The molecule has 1 aliphatic rings. The Morgan fingerprint density at radius 3 is 2.81 bits per heavy atom. The first kappa shape index (κ1) is 17.7. The minimum atomic E-state index is -2.98. The number of benzene rings is 2. The van der Waals surface area contributed by atoms with Crippen LogP contribution in [-0.4, -0.2) is 31.5 Å². The molecule has 2 aromatic carbocycles. The molecule has 4 rings (SSSR count). The van der Waals surface area contributed by atoms with E-state index in [-0.39, 0.29) is 29.8 Å². The van der Waals surface area contributed by atoms with E-state index in [1.807, 2.05) is 42.5 Å². The summed E-state index contributed by atoms with van der Waals surface area (Å²) in [7, 11) is -2.98. The molecule has 3 aromatic rings. The normalized spacial score (nSPS) is 19.6. The zero-order valence-electron chi connectivity index (χ0n) is 14.9. The van der Waals surface area contributed by atoms with Crippen LogP contribution in [0.1, 0.15) is 25.5 Å². The fraction of sp³-hybridized carbons (Fsp3) is 0.300. The number of carbonyl (C=O) groups is 1. The number of nitrogens with zero attached hydrogens (tertiary/aromatic N) is 1. The SMILES string of the molecule is C/C(=N/NC(=O)C[C@@H]1CCS(=O)(=O)C1)c1cc2c(ccc3ccccc32)o1. The Morgan fingerprint density at radius 2 is 2.04 bits per heavy atom. The number of nitrogens with one attached hydrogen (secondary N) is 1. The van der Waals surface area contributed by atoms with Crippen molar-refractivity contribution in [3.05, 3.63) is 48.2 Å². The lowest BCUT2D eigenvalue weighted by atomic mass is 10.1. The Labute approximate surface area is 157 Å². The van der Waals surface area contributed by atoms with E-state index in [4.69, 9.17) is 4.42 Å². The summed E-state index contributed by atoms with van der Waals surface area (Å²) < 4.78 is 28.8. The third-order valence-electron chi connectivity index (χ3n) is 4.93. The van der Waals surface area contributed by atoms with Gasteiger partial charge in [0.1, 0.15) is 11.3 Å². The predicted molar refractivity (Wildman–Crippen MR) is 105 cm³/mol. The van der Waals surface area contributed by atoms with Gasteiger partial charge in [-0.05, 0) is 42.2 Å². The van der Waals surface area contributed by atoms with Gasteiger partial charge in [-0.25, -0.2) is 13.8 Å². The Morgan fingerprint density at radius 1 is 1.22 bits per heavy atom. The maximum Gasteiger partial charge on any atom is 0.240 e. The molecule has 1 saturated heterocycles. The van der Waals surface area contributed by atoms with E-state index in [1.54, 1.807) is 6.92 Å². The summed E-state index contributed by atoms with van der Waals surface area (Å²) in [4.78, 5) is 12.0. The number of amides is 1. The molecule has 27 heavy (non-hydrogen) atoms. The highest BCUT2D eigenvalue weighted by molar-refractivity contribution is 7.91. The molecule has 2 heterocycles. The van der Waals surface area contributed by atoms with Crippen molar-refractivity contribution >= 4 is 43.2 Å². The van der Waals surface area contributed by atoms with Crippen molar-refractivity contribution in [2.45, 2.75) is 19.8 Å². The Hall–Kier alpha value is -2.67. The number of hydrogen-bond donors (Lipinski definition) is 1. The van der Waals surface area contributed by atoms with Gasteiger partial charge in [0.2, 0.25) is 5.91 Å². The lowest BCUT2D eigenvalue weighted by Crippen LogP contribution is -2.22. The molecular formula is C20H20N2O4S. The van der Waals surface area contributed by atoms with Crippen LogP contribution in [0.3, 0.4) is 0 Å². The monoisotopic (exact) mass is 384 g/mol. The van der Waals surface area contributed by atoms with Gasteiger partial charge < -0.3 is 4.42 Å². The first-order chi connectivity index (χ1) is 12.9. The maximum absolute atomic E-state index is 12.0. The van der Waals surface area contributed by atoms with Gasteiger partial charge in [-0.2, -0.15) is 5.10 Å². The second-order valence-electron chi connectivity index (χ2n) is 7.01. The topological polar surface area (TPSA) is 88.7 Å². The number of fused-ring (bicyclic) bond motifs is 3. The van der Waals surface area contributed by atoms with Gasteiger partial charge >= 0.3 is 0 Å². The van der Waals surface area contributed by atoms with E-state index >= 15 is 0 Å². The number of hydrazone groups is 1. The van der Waals surface area contributed by atoms with E-state index in [1.165, 1.54) is 0 Å². The van der Waals surface area contributed by atoms with Gasteiger partial charge in [-0.15, -0.1) is 0 Å². The third kappa shape index (κ3) is 3.73. The van der Waals surface area contributed by atoms with E-state index in [2.05, 4.69) is 10.5 Å². The van der Waals surface area contributed by atoms with E-state index in [0.717, 1.165) is 21.7 Å². The zero-order valence-corrected chi connectivity index (χ0v) is 15.8. The second-order valence-corrected chi connectivity index (χ2v) is 9.24. The molecule has 1 N–H and O–H groups in total. The number of hydrogen-bond acceptors (Lipinski definition) is 5. The molecule has 0 aliphatic carbocycles. The molecule has 0 radical (unpaired) electrons. The highest BCUT2D eigenvalue weighted by Crippen LogP contribution is 2.28. The number of sulfone groups is 1. The van der Waals surface area contributed by atoms with Crippen molar-refractivity contribution in [3.63, 3.8) is 0 Å². The van der Waals surface area contributed by atoms with Crippen molar-refractivity contribution in [2.75, 3.05) is 11.5 Å². The molecule has 0 spiro atoms. The van der Waals surface area contributed by atoms with E-state index in [9.17, 15) is 13.2 Å². The quantitative estimate of drug-likeness (QED) is 0.552. The van der Waals surface area contributed by atoms with Crippen LogP contribution in [0.25, 0.3) is 21.7 Å². The summed E-state index contributed by atoms with van der Waals surface area (Å²) in [6.07, 6.45) is 0.704. The molecule has 1 aromatic heterocycles. The summed E-state index contributed by atoms with van der Waals surface area (Å²) in [6.45, 7) is 1.76. The molecule has 7 heteroatoms. The van der Waals surface area contributed by atoms with Gasteiger partial charge in [-0.3, -0.25) is 4.79 Å². The summed E-state index contributed by atoms with van der Waals surface area (Å²) in [5.41, 5.74) is 3.83. The van der Waals surface area contributed by atoms with E-state index in [0.29, 0.717) is 17.9 Å². The van der Waals surface area contributed by atoms with Gasteiger partial charge in [0.15, 0.2) is 15.6 Å². The zero-order chi connectivity index (χ0) is 19.0. The van der Waals surface area contributed by atoms with Crippen LogP contribution in [-0.2, 0) is 14.6 Å². The fourth-order valence-electron chi connectivity index (χ4n) is 3.51. The van der Waals surface area contributed by atoms with Crippen molar-refractivity contribution in [1.29, 1.82) is 0 Å². The van der Waals surface area contributed by atoms with Crippen molar-refractivity contribution < 1.29 is 17.6 Å². The molecule has 140 valence electrons. The highest BCUT2D eigenvalue weighted by atomic mass is 32.2. The molecule has 1 fully saturated rings. The summed E-state index contributed by atoms with van der Waals surface area (Å²) in [5, 5.41) is 7.35. The molecule has 1 aliphatic heterocycles. The number of rotatable bonds is 4. The summed E-state index contributed by atoms with van der Waals surface area (Å²) in [6, 6.07) is 13.9. The molecule has 1 atom stereocenters. The Balaban J connectivity index is 1.49. The predicted octanol–water partition coefficient (Wildman–Crippen LogP) is 3.25. The van der Waals surface area contributed by atoms with Gasteiger partial charge in [0.25, 0.3) is 0 Å². The van der Waals surface area contributed by atoms with Crippen molar-refractivity contribution in [2.24, 2.45) is 11.0 Å². The Bertz CT molecular complexity index is 1160. The molecular weight excluding hydrogens is 364 g/mol. The molecule has 0 saturated carbocycles. The first-order valence-electron chi connectivity index (χ1n) is 8.86. The smallest absolute Gasteiger partial charge is 0.240 e. The van der Waals surface area contributed by atoms with Crippen LogP contribution in [0.5, 0.6) is 0 Å². The molecule has 1 amide bonds. The largest absolute Gasteiger partial charge is 0.455 e. The number of carbonyl (C=O) groups excluding carboxylic acids is 1. The van der Waals surface area contributed by atoms with Crippen LogP contribution in [0.15, 0.2) is 52.0 Å². The van der Waals surface area contributed by atoms with Crippen LogP contribution >= 0.6 is 0 Å². The second kappa shape index (κ2) is 6.81. The van der Waals surface area contributed by atoms with Crippen LogP contribution in [0.4, 0.5) is 0 Å². The van der Waals surface area contributed by atoms with Crippen molar-refractivity contribution in [3.8, 4) is 0 Å². The van der Waals surface area contributed by atoms with Gasteiger partial charge in [0.05, 0.1) is 11.5 Å².